The molecule has 4 nitrogen and oxygen atoms in total. The average Bonchev–Trinajstić information content (AvgIpc) is 2.01. The highest BCUT2D eigenvalue weighted by Crippen LogP contribution is 2.08. The Labute approximate surface area is 97.7 Å². The van der Waals surface area contributed by atoms with Crippen molar-refractivity contribution in [2.45, 2.75) is 26.8 Å². The summed E-state index contributed by atoms with van der Waals surface area (Å²) in [5, 5.41) is 9.41. The van der Waals surface area contributed by atoms with Crippen LogP contribution in [0.15, 0.2) is 9.28 Å². The molecular weight excluding hydrogens is 295 g/mol. The van der Waals surface area contributed by atoms with Gasteiger partial charge in [-0.05, 0) is 20.8 Å². The number of nitrogens with two attached hydrogens (primary N) is 1. The van der Waals surface area contributed by atoms with Gasteiger partial charge in [0, 0.05) is 28.3 Å². The van der Waals surface area contributed by atoms with E-state index in [1.807, 2.05) is 19.2 Å². The zero-order valence-electron chi connectivity index (χ0n) is 8.85. The molecule has 5 heteroatoms. The van der Waals surface area contributed by atoms with Gasteiger partial charge in [0.15, 0.2) is 3.70 Å². The van der Waals surface area contributed by atoms with E-state index in [1.165, 1.54) is 7.11 Å². The molecule has 0 atom stereocenters. The topological polar surface area (TPSA) is 66.8 Å². The standard InChI is InChI=1S/C9H15IN2O2/c1-5(2)12-8(10)7(6(3)11)9(13)14-4/h5,11-12H,1-4H3/p+1. The smallest absolute Gasteiger partial charge is 0.346 e. The lowest BCUT2D eigenvalue weighted by Gasteiger charge is -2.08. The van der Waals surface area contributed by atoms with Gasteiger partial charge in [0.2, 0.25) is 0 Å². The molecule has 3 N–H and O–H groups in total. The number of carbonyl (C=O) groups is 1. The van der Waals surface area contributed by atoms with Crippen LogP contribution in [0.1, 0.15) is 20.8 Å². The van der Waals surface area contributed by atoms with Gasteiger partial charge < -0.3 is 15.5 Å². The largest absolute Gasteiger partial charge is 0.465 e. The maximum atomic E-state index is 11.3. The number of quaternary nitrogens is 1. The summed E-state index contributed by atoms with van der Waals surface area (Å²) in [6.45, 7) is 5.62. The van der Waals surface area contributed by atoms with Crippen LogP contribution in [0.2, 0.25) is 0 Å². The van der Waals surface area contributed by atoms with Gasteiger partial charge in [0.1, 0.15) is 5.57 Å². The molecule has 0 aliphatic heterocycles. The molecule has 0 aliphatic carbocycles. The molecule has 14 heavy (non-hydrogen) atoms. The van der Waals surface area contributed by atoms with Gasteiger partial charge in [-0.2, -0.15) is 0 Å². The normalized spacial score (nSPS) is 12.4. The van der Waals surface area contributed by atoms with Crippen LogP contribution in [0, 0.1) is 5.41 Å². The maximum Gasteiger partial charge on any atom is 0.346 e. The molecule has 0 rings (SSSR count). The molecule has 0 radical (unpaired) electrons. The van der Waals surface area contributed by atoms with Gasteiger partial charge in [-0.1, -0.05) is 0 Å². The van der Waals surface area contributed by atoms with E-state index in [-0.39, 0.29) is 5.71 Å². The monoisotopic (exact) mass is 311 g/mol. The number of rotatable bonds is 4. The number of hydrogen-bond donors (Lipinski definition) is 2. The first-order valence-electron chi connectivity index (χ1n) is 4.28. The Morgan fingerprint density at radius 1 is 1.50 bits per heavy atom. The maximum absolute atomic E-state index is 11.3. The number of carbonyl (C=O) groups excluding carboxylic acids is 1. The summed E-state index contributed by atoms with van der Waals surface area (Å²) in [7, 11) is 1.32. The third-order valence-corrected chi connectivity index (χ3v) is 2.38. The highest BCUT2D eigenvalue weighted by Gasteiger charge is 2.20. The van der Waals surface area contributed by atoms with Crippen molar-refractivity contribution >= 4 is 34.3 Å². The Bertz CT molecular complexity index is 272. The molecule has 0 aromatic carbocycles. The highest BCUT2D eigenvalue weighted by atomic mass is 127. The van der Waals surface area contributed by atoms with Crippen LogP contribution in [-0.4, -0.2) is 24.8 Å². The fourth-order valence-corrected chi connectivity index (χ4v) is 2.25. The molecule has 0 heterocycles. The predicted octanol–water partition coefficient (Wildman–Crippen LogP) is 0.817. The van der Waals surface area contributed by atoms with Gasteiger partial charge in [0.05, 0.1) is 13.2 Å². The van der Waals surface area contributed by atoms with Crippen LogP contribution >= 0.6 is 22.6 Å². The summed E-state index contributed by atoms with van der Waals surface area (Å²) >= 11 is 2.06. The minimum atomic E-state index is -0.446. The molecule has 0 bridgehead atoms. The van der Waals surface area contributed by atoms with E-state index in [0.29, 0.717) is 11.6 Å². The molecule has 0 spiro atoms. The molecule has 0 saturated heterocycles. The number of halogens is 1. The second-order valence-corrected chi connectivity index (χ2v) is 4.41. The number of esters is 1. The Kier molecular flexibility index (Phi) is 5.94. The summed E-state index contributed by atoms with van der Waals surface area (Å²) < 4.78 is 5.39. The SMILES string of the molecule is COC(=O)C(C(C)=N)=C(I)[NH2+]C(C)C. The number of methoxy groups -OCH3 is 1. The van der Waals surface area contributed by atoms with Gasteiger partial charge in [-0.15, -0.1) is 0 Å². The van der Waals surface area contributed by atoms with Crippen LogP contribution in [0.25, 0.3) is 0 Å². The first-order valence-corrected chi connectivity index (χ1v) is 5.36. The van der Waals surface area contributed by atoms with E-state index < -0.39 is 5.97 Å². The Morgan fingerprint density at radius 3 is 2.29 bits per heavy atom. The molecule has 0 saturated carbocycles. The van der Waals surface area contributed by atoms with E-state index >= 15 is 0 Å². The summed E-state index contributed by atoms with van der Waals surface area (Å²) in [6.07, 6.45) is 0. The predicted molar refractivity (Wildman–Crippen MR) is 63.5 cm³/mol. The van der Waals surface area contributed by atoms with Crippen LogP contribution < -0.4 is 5.32 Å². The molecule has 0 amide bonds. The van der Waals surface area contributed by atoms with Crippen LogP contribution in [0.5, 0.6) is 0 Å². The second kappa shape index (κ2) is 6.13. The van der Waals surface area contributed by atoms with E-state index in [2.05, 4.69) is 27.3 Å². The fraction of sp³-hybridized carbons (Fsp3) is 0.556. The molecule has 0 unspecified atom stereocenters. The molecule has 0 fully saturated rings. The van der Waals surface area contributed by atoms with Crippen molar-refractivity contribution in [1.82, 2.24) is 0 Å². The lowest BCUT2D eigenvalue weighted by molar-refractivity contribution is -0.622. The van der Waals surface area contributed by atoms with Gasteiger partial charge >= 0.3 is 5.97 Å². The summed E-state index contributed by atoms with van der Waals surface area (Å²) in [5.74, 6) is -0.446. The molecule has 0 aromatic rings. The van der Waals surface area contributed by atoms with Crippen molar-refractivity contribution in [2.24, 2.45) is 0 Å². The second-order valence-electron chi connectivity index (χ2n) is 3.25. The molecular formula is C9H16IN2O2+. The Balaban J connectivity index is 4.95. The average molecular weight is 311 g/mol. The first kappa shape index (κ1) is 13.6. The lowest BCUT2D eigenvalue weighted by Crippen LogP contribution is -2.85. The van der Waals surface area contributed by atoms with Crippen LogP contribution in [0.4, 0.5) is 0 Å². The van der Waals surface area contributed by atoms with Crippen molar-refractivity contribution in [3.05, 3.63) is 9.28 Å². The molecule has 0 aromatic heterocycles. The zero-order chi connectivity index (χ0) is 11.3. The van der Waals surface area contributed by atoms with E-state index in [1.54, 1.807) is 6.92 Å². The third kappa shape index (κ3) is 4.19. The highest BCUT2D eigenvalue weighted by molar-refractivity contribution is 14.1. The van der Waals surface area contributed by atoms with Crippen LogP contribution in [-0.2, 0) is 9.53 Å². The van der Waals surface area contributed by atoms with E-state index in [0.717, 1.165) is 3.70 Å². The quantitative estimate of drug-likeness (QED) is 0.265. The van der Waals surface area contributed by atoms with Crippen LogP contribution in [0.3, 0.4) is 0 Å². The summed E-state index contributed by atoms with van der Waals surface area (Å²) in [4.78, 5) is 11.3. The molecule has 80 valence electrons. The summed E-state index contributed by atoms with van der Waals surface area (Å²) in [5.41, 5.74) is 0.583. The van der Waals surface area contributed by atoms with Gasteiger partial charge in [-0.25, -0.2) is 4.79 Å². The van der Waals surface area contributed by atoms with E-state index in [4.69, 9.17) is 5.41 Å². The first-order chi connectivity index (χ1) is 6.40. The Morgan fingerprint density at radius 2 is 2.00 bits per heavy atom. The van der Waals surface area contributed by atoms with Gasteiger partial charge in [-0.3, -0.25) is 0 Å². The zero-order valence-corrected chi connectivity index (χ0v) is 11.0. The van der Waals surface area contributed by atoms with Crippen molar-refractivity contribution < 1.29 is 14.8 Å². The Hall–Kier alpha value is -0.430. The van der Waals surface area contributed by atoms with Crippen molar-refractivity contribution in [1.29, 1.82) is 5.41 Å². The van der Waals surface area contributed by atoms with Crippen molar-refractivity contribution in [2.75, 3.05) is 7.11 Å². The fourth-order valence-electron chi connectivity index (χ4n) is 0.908. The number of ether oxygens (including phenoxy) is 1. The molecule has 0 aliphatic rings. The number of hydrogen-bond acceptors (Lipinski definition) is 3. The summed E-state index contributed by atoms with van der Waals surface area (Å²) in [6, 6.07) is 0.348. The van der Waals surface area contributed by atoms with Gasteiger partial charge in [0.25, 0.3) is 0 Å². The third-order valence-electron chi connectivity index (χ3n) is 1.48. The number of nitrogens with one attached hydrogen (secondary N) is 1. The minimum Gasteiger partial charge on any atom is -0.465 e. The lowest BCUT2D eigenvalue weighted by atomic mass is 10.2. The van der Waals surface area contributed by atoms with Crippen molar-refractivity contribution in [3.8, 4) is 0 Å². The van der Waals surface area contributed by atoms with E-state index in [9.17, 15) is 4.79 Å². The van der Waals surface area contributed by atoms with Crippen molar-refractivity contribution in [3.63, 3.8) is 0 Å². The minimum absolute atomic E-state index is 0.234.